The lowest BCUT2D eigenvalue weighted by atomic mass is 10.0. The lowest BCUT2D eigenvalue weighted by molar-refractivity contribution is -0.136. The first-order valence-electron chi connectivity index (χ1n) is 9.08. The highest BCUT2D eigenvalue weighted by Gasteiger charge is 2.22. The van der Waals surface area contributed by atoms with Crippen LogP contribution in [0, 0.1) is 0 Å². The monoisotopic (exact) mass is 374 g/mol. The number of carbonyl (C=O) groups is 2. The van der Waals surface area contributed by atoms with Gasteiger partial charge in [-0.25, -0.2) is 5.48 Å². The normalized spacial score (nSPS) is 11.4. The van der Waals surface area contributed by atoms with E-state index in [0.29, 0.717) is 12.0 Å². The number of rotatable bonds is 8. The zero-order chi connectivity index (χ0) is 19.6. The minimum atomic E-state index is -0.758. The van der Waals surface area contributed by atoms with Crippen LogP contribution < -0.4 is 10.8 Å². The molecule has 1 unspecified atom stereocenters. The fourth-order valence-electron chi connectivity index (χ4n) is 2.73. The molecule has 28 heavy (non-hydrogen) atoms. The SMILES string of the molecule is O=C(NC(Cc1ccccc1)C(=O)NOCc1ccccc1)c1ccccc1. The summed E-state index contributed by atoms with van der Waals surface area (Å²) in [6.07, 6.45) is 0.361. The lowest BCUT2D eigenvalue weighted by Gasteiger charge is -2.18. The van der Waals surface area contributed by atoms with Crippen molar-refractivity contribution in [2.45, 2.75) is 19.1 Å². The molecule has 5 nitrogen and oxygen atoms in total. The van der Waals surface area contributed by atoms with E-state index < -0.39 is 11.9 Å². The maximum absolute atomic E-state index is 12.7. The molecule has 0 saturated heterocycles. The Kier molecular flexibility index (Phi) is 6.93. The first-order chi connectivity index (χ1) is 13.7. The summed E-state index contributed by atoms with van der Waals surface area (Å²) in [4.78, 5) is 30.5. The van der Waals surface area contributed by atoms with E-state index in [4.69, 9.17) is 4.84 Å². The van der Waals surface area contributed by atoms with Gasteiger partial charge in [0.1, 0.15) is 6.04 Å². The van der Waals surface area contributed by atoms with Crippen LogP contribution in [0.25, 0.3) is 0 Å². The van der Waals surface area contributed by atoms with Crippen LogP contribution in [-0.4, -0.2) is 17.9 Å². The smallest absolute Gasteiger partial charge is 0.266 e. The Morgan fingerprint density at radius 1 is 0.750 bits per heavy atom. The molecule has 0 aliphatic heterocycles. The number of hydrogen-bond donors (Lipinski definition) is 2. The summed E-state index contributed by atoms with van der Waals surface area (Å²) in [6, 6.07) is 27.1. The van der Waals surface area contributed by atoms with E-state index in [1.54, 1.807) is 24.3 Å². The quantitative estimate of drug-likeness (QED) is 0.595. The van der Waals surface area contributed by atoms with Gasteiger partial charge in [0.05, 0.1) is 6.61 Å². The highest BCUT2D eigenvalue weighted by atomic mass is 16.6. The molecule has 2 amide bonds. The van der Waals surface area contributed by atoms with Crippen LogP contribution in [-0.2, 0) is 22.7 Å². The number of hydroxylamine groups is 1. The lowest BCUT2D eigenvalue weighted by Crippen LogP contribution is -2.48. The summed E-state index contributed by atoms with van der Waals surface area (Å²) in [6.45, 7) is 0.247. The third-order valence-corrected chi connectivity index (χ3v) is 4.19. The van der Waals surface area contributed by atoms with Crippen LogP contribution in [0.15, 0.2) is 91.0 Å². The van der Waals surface area contributed by atoms with Crippen molar-refractivity contribution in [2.24, 2.45) is 0 Å². The third kappa shape index (κ3) is 5.79. The zero-order valence-corrected chi connectivity index (χ0v) is 15.4. The maximum Gasteiger partial charge on any atom is 0.266 e. The first-order valence-corrected chi connectivity index (χ1v) is 9.08. The second kappa shape index (κ2) is 10.0. The standard InChI is InChI=1S/C23H22N2O3/c26-22(20-14-8-3-9-15-20)24-21(16-18-10-4-1-5-11-18)23(27)25-28-17-19-12-6-2-7-13-19/h1-15,21H,16-17H2,(H,24,26)(H,25,27). The molecule has 0 bridgehead atoms. The van der Waals surface area contributed by atoms with Gasteiger partial charge in [-0.1, -0.05) is 78.9 Å². The molecule has 1 atom stereocenters. The number of nitrogens with one attached hydrogen (secondary N) is 2. The van der Waals surface area contributed by atoms with E-state index in [1.807, 2.05) is 66.7 Å². The molecular formula is C23H22N2O3. The molecule has 3 rings (SSSR count). The maximum atomic E-state index is 12.7. The van der Waals surface area contributed by atoms with E-state index in [9.17, 15) is 9.59 Å². The highest BCUT2D eigenvalue weighted by Crippen LogP contribution is 2.06. The molecule has 3 aromatic rings. The van der Waals surface area contributed by atoms with Crippen molar-refractivity contribution >= 4 is 11.8 Å². The van der Waals surface area contributed by atoms with Crippen molar-refractivity contribution in [1.29, 1.82) is 0 Å². The summed E-state index contributed by atoms with van der Waals surface area (Å²) < 4.78 is 0. The van der Waals surface area contributed by atoms with Gasteiger partial charge in [0, 0.05) is 12.0 Å². The van der Waals surface area contributed by atoms with Crippen molar-refractivity contribution in [3.05, 3.63) is 108 Å². The molecule has 2 N–H and O–H groups in total. The van der Waals surface area contributed by atoms with Crippen LogP contribution in [0.2, 0.25) is 0 Å². The predicted octanol–water partition coefficient (Wildman–Crippen LogP) is 3.28. The van der Waals surface area contributed by atoms with Crippen molar-refractivity contribution in [2.75, 3.05) is 0 Å². The first kappa shape index (κ1) is 19.3. The van der Waals surface area contributed by atoms with Crippen molar-refractivity contribution in [3.8, 4) is 0 Å². The molecule has 142 valence electrons. The molecule has 0 heterocycles. The van der Waals surface area contributed by atoms with Gasteiger partial charge in [-0.2, -0.15) is 0 Å². The average molecular weight is 374 g/mol. The minimum Gasteiger partial charge on any atom is -0.340 e. The van der Waals surface area contributed by atoms with Crippen molar-refractivity contribution in [3.63, 3.8) is 0 Å². The van der Waals surface area contributed by atoms with E-state index in [1.165, 1.54) is 0 Å². The minimum absolute atomic E-state index is 0.247. The van der Waals surface area contributed by atoms with Crippen LogP contribution in [0.3, 0.4) is 0 Å². The second-order valence-electron chi connectivity index (χ2n) is 6.32. The molecule has 0 aliphatic carbocycles. The number of hydrogen-bond acceptors (Lipinski definition) is 3. The average Bonchev–Trinajstić information content (AvgIpc) is 2.75. The van der Waals surface area contributed by atoms with E-state index >= 15 is 0 Å². The summed E-state index contributed by atoms with van der Waals surface area (Å²) in [7, 11) is 0. The molecule has 3 aromatic carbocycles. The van der Waals surface area contributed by atoms with Gasteiger partial charge in [0.2, 0.25) is 0 Å². The van der Waals surface area contributed by atoms with Gasteiger partial charge in [0.25, 0.3) is 11.8 Å². The van der Waals surface area contributed by atoms with E-state index in [-0.39, 0.29) is 12.5 Å². The van der Waals surface area contributed by atoms with Gasteiger partial charge in [-0.05, 0) is 23.3 Å². The summed E-state index contributed by atoms with van der Waals surface area (Å²) in [5, 5.41) is 2.80. The molecule has 0 spiro atoms. The van der Waals surface area contributed by atoms with Crippen LogP contribution in [0.4, 0.5) is 0 Å². The number of benzene rings is 3. The second-order valence-corrected chi connectivity index (χ2v) is 6.32. The van der Waals surface area contributed by atoms with E-state index in [2.05, 4.69) is 10.8 Å². The summed E-state index contributed by atoms with van der Waals surface area (Å²) in [5.41, 5.74) is 4.84. The molecule has 0 aromatic heterocycles. The predicted molar refractivity (Wildman–Crippen MR) is 107 cm³/mol. The van der Waals surface area contributed by atoms with Crippen LogP contribution in [0.1, 0.15) is 21.5 Å². The number of amides is 2. The Bertz CT molecular complexity index is 883. The zero-order valence-electron chi connectivity index (χ0n) is 15.4. The fraction of sp³-hybridized carbons (Fsp3) is 0.130. The Morgan fingerprint density at radius 2 is 1.29 bits per heavy atom. The Hall–Kier alpha value is -3.44. The van der Waals surface area contributed by atoms with Gasteiger partial charge < -0.3 is 5.32 Å². The largest absolute Gasteiger partial charge is 0.340 e. The molecule has 0 aliphatic rings. The van der Waals surface area contributed by atoms with E-state index in [0.717, 1.165) is 11.1 Å². The Morgan fingerprint density at radius 3 is 1.89 bits per heavy atom. The summed E-state index contributed by atoms with van der Waals surface area (Å²) in [5.74, 6) is -0.705. The van der Waals surface area contributed by atoms with Gasteiger partial charge >= 0.3 is 0 Å². The van der Waals surface area contributed by atoms with Gasteiger partial charge in [-0.15, -0.1) is 0 Å². The van der Waals surface area contributed by atoms with Gasteiger partial charge in [0.15, 0.2) is 0 Å². The third-order valence-electron chi connectivity index (χ3n) is 4.19. The molecule has 0 radical (unpaired) electrons. The van der Waals surface area contributed by atoms with Crippen LogP contribution >= 0.6 is 0 Å². The van der Waals surface area contributed by atoms with Crippen molar-refractivity contribution < 1.29 is 14.4 Å². The van der Waals surface area contributed by atoms with Gasteiger partial charge in [-0.3, -0.25) is 14.4 Å². The topological polar surface area (TPSA) is 67.4 Å². The molecule has 0 fully saturated rings. The van der Waals surface area contributed by atoms with Crippen LogP contribution in [0.5, 0.6) is 0 Å². The Labute approximate surface area is 164 Å². The number of carbonyl (C=O) groups excluding carboxylic acids is 2. The molecule has 5 heteroatoms. The molecular weight excluding hydrogens is 352 g/mol. The van der Waals surface area contributed by atoms with Crippen molar-refractivity contribution in [1.82, 2.24) is 10.8 Å². The molecule has 0 saturated carbocycles. The fourth-order valence-corrected chi connectivity index (χ4v) is 2.73. The Balaban J connectivity index is 1.64. The summed E-state index contributed by atoms with van der Waals surface area (Å²) >= 11 is 0. The highest BCUT2D eigenvalue weighted by molar-refractivity contribution is 5.97.